The molecule has 1 aliphatic heterocycles. The molecule has 1 N–H and O–H groups in total. The van der Waals surface area contributed by atoms with Gasteiger partial charge in [-0.3, -0.25) is 9.36 Å². The molecule has 0 saturated carbocycles. The van der Waals surface area contributed by atoms with Crippen molar-refractivity contribution in [1.82, 2.24) is 9.55 Å². The summed E-state index contributed by atoms with van der Waals surface area (Å²) >= 11 is 6.22. The van der Waals surface area contributed by atoms with Gasteiger partial charge in [0.1, 0.15) is 6.61 Å². The molecule has 2 heterocycles. The van der Waals surface area contributed by atoms with Crippen molar-refractivity contribution in [2.24, 2.45) is 0 Å². The number of halogens is 1. The maximum atomic E-state index is 12.5. The molecule has 3 aromatic rings. The highest BCUT2D eigenvalue weighted by Crippen LogP contribution is 2.24. The van der Waals surface area contributed by atoms with Crippen molar-refractivity contribution in [3.63, 3.8) is 0 Å². The number of anilines is 1. The van der Waals surface area contributed by atoms with Gasteiger partial charge in [0.2, 0.25) is 0 Å². The molecule has 9 nitrogen and oxygen atoms in total. The third kappa shape index (κ3) is 5.02. The van der Waals surface area contributed by atoms with Crippen LogP contribution in [0, 0.1) is 0 Å². The summed E-state index contributed by atoms with van der Waals surface area (Å²) in [5, 5.41) is 2.57. The predicted molar refractivity (Wildman–Crippen MR) is 114 cm³/mol. The van der Waals surface area contributed by atoms with E-state index >= 15 is 0 Å². The normalized spacial score (nSPS) is 17.7. The fourth-order valence-electron chi connectivity index (χ4n) is 2.99. The van der Waals surface area contributed by atoms with E-state index in [-0.39, 0.29) is 24.1 Å². The van der Waals surface area contributed by atoms with Gasteiger partial charge in [-0.25, -0.2) is 9.59 Å². The molecular weight excluding hydrogens is 438 g/mol. The number of hydrogen-bond donors (Lipinski definition) is 1. The van der Waals surface area contributed by atoms with Crippen LogP contribution in [0.2, 0.25) is 5.02 Å². The maximum absolute atomic E-state index is 12.5. The fraction of sp³-hybridized carbons (Fsp3) is 0.182. The minimum Gasteiger partial charge on any atom is -0.457 e. The van der Waals surface area contributed by atoms with Crippen molar-refractivity contribution in [3.05, 3.63) is 93.5 Å². The number of nitrogens with one attached hydrogen (secondary N) is 1. The molecule has 1 saturated heterocycles. The third-order valence-electron chi connectivity index (χ3n) is 4.58. The van der Waals surface area contributed by atoms with E-state index in [1.54, 1.807) is 60.7 Å². The maximum Gasteiger partial charge on any atom is 0.351 e. The smallest absolute Gasteiger partial charge is 0.351 e. The first-order valence-corrected chi connectivity index (χ1v) is 10.0. The molecule has 1 aromatic heterocycles. The Bertz CT molecular complexity index is 1170. The lowest BCUT2D eigenvalue weighted by Crippen LogP contribution is -2.30. The highest BCUT2D eigenvalue weighted by molar-refractivity contribution is 6.33. The van der Waals surface area contributed by atoms with Crippen LogP contribution in [0.4, 0.5) is 5.82 Å². The van der Waals surface area contributed by atoms with Gasteiger partial charge in [0.05, 0.1) is 17.2 Å². The first-order chi connectivity index (χ1) is 15.5. The zero-order valence-electron chi connectivity index (χ0n) is 16.6. The number of carbonyl (C=O) groups excluding carboxylic acids is 2. The predicted octanol–water partition coefficient (Wildman–Crippen LogP) is 2.88. The van der Waals surface area contributed by atoms with Crippen molar-refractivity contribution in [3.8, 4) is 0 Å². The lowest BCUT2D eigenvalue weighted by Gasteiger charge is -2.15. The molecule has 2 atom stereocenters. The first-order valence-electron chi connectivity index (χ1n) is 9.65. The van der Waals surface area contributed by atoms with Gasteiger partial charge in [-0.05, 0) is 24.3 Å². The van der Waals surface area contributed by atoms with Gasteiger partial charge in [0.25, 0.3) is 5.91 Å². The molecule has 4 rings (SSSR count). The van der Waals surface area contributed by atoms with E-state index in [1.807, 2.05) is 0 Å². The summed E-state index contributed by atoms with van der Waals surface area (Å²) in [6.45, 7) is -0.119. The van der Waals surface area contributed by atoms with Crippen LogP contribution >= 0.6 is 11.6 Å². The molecule has 0 radical (unpaired) electrons. The van der Waals surface area contributed by atoms with E-state index in [9.17, 15) is 14.4 Å². The average molecular weight is 456 g/mol. The number of carbonyl (C=O) groups is 2. The zero-order chi connectivity index (χ0) is 22.5. The summed E-state index contributed by atoms with van der Waals surface area (Å²) in [7, 11) is 0. The molecule has 1 aliphatic rings. The number of esters is 1. The van der Waals surface area contributed by atoms with Crippen LogP contribution < -0.4 is 11.0 Å². The molecule has 0 spiro atoms. The molecule has 164 valence electrons. The summed E-state index contributed by atoms with van der Waals surface area (Å²) in [6.07, 6.45) is -0.355. The molecule has 32 heavy (non-hydrogen) atoms. The second kappa shape index (κ2) is 9.73. The number of aromatic nitrogens is 2. The Hall–Kier alpha value is -3.53. The van der Waals surface area contributed by atoms with Crippen LogP contribution in [0.1, 0.15) is 26.9 Å². The lowest BCUT2D eigenvalue weighted by atomic mass is 10.2. The van der Waals surface area contributed by atoms with Gasteiger partial charge >= 0.3 is 11.7 Å². The summed E-state index contributed by atoms with van der Waals surface area (Å²) in [4.78, 5) is 40.6. The Labute approximate surface area is 187 Å². The standard InChI is InChI=1S/C22H18ClN3O6/c23-16-11-26(22(29)25-19(16)24-20(27)14-7-3-1-4-8-14)17-12-30-18(32-17)13-31-21(28)15-9-5-2-6-10-15/h1-11,17-18H,12-13H2,(H,24,25,27,29)/t17-,18+/m1/s1. The summed E-state index contributed by atoms with van der Waals surface area (Å²) in [5.74, 6) is -1.02. The van der Waals surface area contributed by atoms with Gasteiger partial charge in [-0.15, -0.1) is 0 Å². The van der Waals surface area contributed by atoms with Crippen molar-refractivity contribution in [1.29, 1.82) is 0 Å². The Morgan fingerprint density at radius 1 is 1.09 bits per heavy atom. The topological polar surface area (TPSA) is 109 Å². The summed E-state index contributed by atoms with van der Waals surface area (Å²) in [5.41, 5.74) is 0.116. The Morgan fingerprint density at radius 2 is 1.75 bits per heavy atom. The second-order valence-corrected chi connectivity index (χ2v) is 7.17. The molecule has 1 fully saturated rings. The van der Waals surface area contributed by atoms with Gasteiger partial charge in [-0.1, -0.05) is 48.0 Å². The number of benzene rings is 2. The van der Waals surface area contributed by atoms with Crippen LogP contribution in [0.15, 0.2) is 71.7 Å². The van der Waals surface area contributed by atoms with Crippen molar-refractivity contribution < 1.29 is 23.8 Å². The molecule has 0 unspecified atom stereocenters. The van der Waals surface area contributed by atoms with Crippen LogP contribution in [-0.4, -0.2) is 40.9 Å². The van der Waals surface area contributed by atoms with E-state index in [0.29, 0.717) is 11.1 Å². The second-order valence-electron chi connectivity index (χ2n) is 6.77. The van der Waals surface area contributed by atoms with Crippen LogP contribution in [0.25, 0.3) is 0 Å². The van der Waals surface area contributed by atoms with E-state index < -0.39 is 30.1 Å². The zero-order valence-corrected chi connectivity index (χ0v) is 17.4. The Kier molecular flexibility index (Phi) is 6.60. The van der Waals surface area contributed by atoms with E-state index in [4.69, 9.17) is 25.8 Å². The highest BCUT2D eigenvalue weighted by atomic mass is 35.5. The molecule has 1 amide bonds. The first kappa shape index (κ1) is 21.7. The average Bonchev–Trinajstić information content (AvgIpc) is 3.29. The van der Waals surface area contributed by atoms with Gasteiger partial charge < -0.3 is 19.5 Å². The minimum atomic E-state index is -0.851. The van der Waals surface area contributed by atoms with E-state index in [1.165, 1.54) is 6.20 Å². The van der Waals surface area contributed by atoms with Crippen LogP contribution in [0.5, 0.6) is 0 Å². The van der Waals surface area contributed by atoms with Crippen LogP contribution in [-0.2, 0) is 14.2 Å². The number of rotatable bonds is 6. The molecule has 0 bridgehead atoms. The molecule has 2 aromatic carbocycles. The van der Waals surface area contributed by atoms with Crippen molar-refractivity contribution in [2.45, 2.75) is 12.5 Å². The SMILES string of the molecule is O=C(Nc1nc(=O)n([C@H]2CO[C@H](COC(=O)c3ccccc3)O2)cc1Cl)c1ccccc1. The Morgan fingerprint density at radius 3 is 2.44 bits per heavy atom. The van der Waals surface area contributed by atoms with Crippen molar-refractivity contribution >= 4 is 29.3 Å². The van der Waals surface area contributed by atoms with Crippen LogP contribution in [0.3, 0.4) is 0 Å². The fourth-order valence-corrected chi connectivity index (χ4v) is 3.18. The number of amides is 1. The van der Waals surface area contributed by atoms with Crippen molar-refractivity contribution in [2.75, 3.05) is 18.5 Å². The molecule has 0 aliphatic carbocycles. The molecule has 10 heteroatoms. The number of nitrogens with zero attached hydrogens (tertiary/aromatic N) is 2. The number of hydrogen-bond acceptors (Lipinski definition) is 7. The monoisotopic (exact) mass is 455 g/mol. The molecular formula is C22H18ClN3O6. The highest BCUT2D eigenvalue weighted by Gasteiger charge is 2.30. The van der Waals surface area contributed by atoms with Gasteiger partial charge in [0, 0.05) is 11.8 Å². The summed E-state index contributed by atoms with van der Waals surface area (Å²) in [6, 6.07) is 17.0. The largest absolute Gasteiger partial charge is 0.457 e. The summed E-state index contributed by atoms with van der Waals surface area (Å²) < 4.78 is 17.4. The quantitative estimate of drug-likeness (QED) is 0.569. The Balaban J connectivity index is 1.38. The van der Waals surface area contributed by atoms with E-state index in [0.717, 1.165) is 4.57 Å². The van der Waals surface area contributed by atoms with E-state index in [2.05, 4.69) is 10.3 Å². The minimum absolute atomic E-state index is 0.0290. The van der Waals surface area contributed by atoms with Gasteiger partial charge in [0.15, 0.2) is 18.3 Å². The van der Waals surface area contributed by atoms with Gasteiger partial charge in [-0.2, -0.15) is 4.98 Å². The third-order valence-corrected chi connectivity index (χ3v) is 4.86. The lowest BCUT2D eigenvalue weighted by molar-refractivity contribution is -0.103. The number of ether oxygens (including phenoxy) is 3.